The van der Waals surface area contributed by atoms with Crippen molar-refractivity contribution in [3.8, 4) is 0 Å². The molecule has 0 aliphatic rings. The zero-order valence-corrected chi connectivity index (χ0v) is 16.9. The highest BCUT2D eigenvalue weighted by atomic mass is 35.6. The standard InChI is InChI=1S/C16H12Cl3FN4O3S/c17-16(18,19)14(22-13(25)9-1-3-10(20)4-2-9)23-15(28)21-11-5-7-12(8-6-11)24(26)27/h1-8,14H,(H,22,25)(H2,21,23,28). The maximum atomic E-state index is 13.0. The summed E-state index contributed by atoms with van der Waals surface area (Å²) in [5, 5.41) is 18.5. The second-order valence-corrected chi connectivity index (χ2v) is 8.13. The smallest absolute Gasteiger partial charge is 0.269 e. The zero-order valence-electron chi connectivity index (χ0n) is 13.8. The van der Waals surface area contributed by atoms with Gasteiger partial charge in [0.05, 0.1) is 4.92 Å². The number of nitrogens with zero attached hydrogens (tertiary/aromatic N) is 1. The van der Waals surface area contributed by atoms with Crippen molar-refractivity contribution >= 4 is 69.4 Å². The quantitative estimate of drug-likeness (QED) is 0.202. The molecule has 0 aliphatic heterocycles. The second-order valence-electron chi connectivity index (χ2n) is 5.36. The van der Waals surface area contributed by atoms with Gasteiger partial charge in [-0.15, -0.1) is 0 Å². The van der Waals surface area contributed by atoms with E-state index in [0.29, 0.717) is 5.69 Å². The Morgan fingerprint density at radius 2 is 1.64 bits per heavy atom. The Hall–Kier alpha value is -2.20. The van der Waals surface area contributed by atoms with Crippen molar-refractivity contribution in [3.63, 3.8) is 0 Å². The van der Waals surface area contributed by atoms with Crippen LogP contribution in [-0.4, -0.2) is 25.9 Å². The van der Waals surface area contributed by atoms with E-state index >= 15 is 0 Å². The molecular formula is C16H12Cl3FN4O3S. The monoisotopic (exact) mass is 464 g/mol. The number of amides is 1. The van der Waals surface area contributed by atoms with E-state index in [1.165, 1.54) is 36.4 Å². The summed E-state index contributed by atoms with van der Waals surface area (Å²) in [5.41, 5.74) is 0.503. The largest absolute Gasteiger partial charge is 0.339 e. The van der Waals surface area contributed by atoms with Crippen LogP contribution >= 0.6 is 47.0 Å². The highest BCUT2D eigenvalue weighted by Gasteiger charge is 2.34. The van der Waals surface area contributed by atoms with Crippen LogP contribution in [0.15, 0.2) is 48.5 Å². The number of nitro groups is 1. The number of hydrogen-bond acceptors (Lipinski definition) is 4. The first-order chi connectivity index (χ1) is 13.1. The summed E-state index contributed by atoms with van der Waals surface area (Å²) in [7, 11) is 0. The van der Waals surface area contributed by atoms with Crippen LogP contribution in [0, 0.1) is 15.9 Å². The molecule has 2 aromatic carbocycles. The minimum atomic E-state index is -1.98. The molecule has 0 fully saturated rings. The van der Waals surface area contributed by atoms with Gasteiger partial charge in [-0.3, -0.25) is 14.9 Å². The van der Waals surface area contributed by atoms with Crippen molar-refractivity contribution in [1.82, 2.24) is 10.6 Å². The van der Waals surface area contributed by atoms with Crippen LogP contribution < -0.4 is 16.0 Å². The van der Waals surface area contributed by atoms with E-state index in [0.717, 1.165) is 12.1 Å². The highest BCUT2D eigenvalue weighted by Crippen LogP contribution is 2.29. The number of carbonyl (C=O) groups is 1. The van der Waals surface area contributed by atoms with Crippen LogP contribution in [0.3, 0.4) is 0 Å². The van der Waals surface area contributed by atoms with Gasteiger partial charge >= 0.3 is 0 Å². The van der Waals surface area contributed by atoms with Gasteiger partial charge < -0.3 is 16.0 Å². The Kier molecular flexibility index (Phi) is 7.36. The van der Waals surface area contributed by atoms with Crippen LogP contribution in [0.4, 0.5) is 15.8 Å². The van der Waals surface area contributed by atoms with Crippen molar-refractivity contribution in [3.05, 3.63) is 70.0 Å². The van der Waals surface area contributed by atoms with Gasteiger partial charge in [-0.2, -0.15) is 0 Å². The summed E-state index contributed by atoms with van der Waals surface area (Å²) in [5.74, 6) is -1.12. The molecule has 2 aromatic rings. The summed E-state index contributed by atoms with van der Waals surface area (Å²) in [6.07, 6.45) is -1.23. The first kappa shape index (κ1) is 22.1. The Labute approximate surface area is 179 Å². The number of nitro benzene ring substituents is 1. The SMILES string of the molecule is O=C(NC(NC(=S)Nc1ccc([N+](=O)[O-])cc1)C(Cl)(Cl)Cl)c1ccc(F)cc1. The predicted molar refractivity (Wildman–Crippen MR) is 110 cm³/mol. The number of carbonyl (C=O) groups excluding carboxylic acids is 1. The Balaban J connectivity index is 2.04. The molecule has 0 radical (unpaired) electrons. The van der Waals surface area contributed by atoms with Gasteiger partial charge in [0.15, 0.2) is 5.11 Å². The molecule has 0 heterocycles. The first-order valence-electron chi connectivity index (χ1n) is 7.51. The van der Waals surface area contributed by atoms with Crippen molar-refractivity contribution in [2.24, 2.45) is 0 Å². The summed E-state index contributed by atoms with van der Waals surface area (Å²) in [6.45, 7) is 0. The highest BCUT2D eigenvalue weighted by molar-refractivity contribution is 7.80. The topological polar surface area (TPSA) is 96.3 Å². The van der Waals surface area contributed by atoms with Gasteiger partial charge in [-0.1, -0.05) is 34.8 Å². The summed E-state index contributed by atoms with van der Waals surface area (Å²) in [4.78, 5) is 22.4. The van der Waals surface area contributed by atoms with E-state index in [4.69, 9.17) is 47.0 Å². The molecule has 1 atom stereocenters. The van der Waals surface area contributed by atoms with Gasteiger partial charge in [-0.05, 0) is 48.6 Å². The fraction of sp³-hybridized carbons (Fsp3) is 0.125. The van der Waals surface area contributed by atoms with Gasteiger partial charge in [0.2, 0.25) is 3.79 Å². The number of halogens is 4. The summed E-state index contributed by atoms with van der Waals surface area (Å²) >= 11 is 22.8. The molecule has 0 bridgehead atoms. The predicted octanol–water partition coefficient (Wildman–Crippen LogP) is 4.15. The molecule has 0 saturated carbocycles. The average molecular weight is 466 g/mol. The van der Waals surface area contributed by atoms with Gasteiger partial charge in [-0.25, -0.2) is 4.39 Å². The lowest BCUT2D eigenvalue weighted by Crippen LogP contribution is -2.56. The minimum Gasteiger partial charge on any atom is -0.339 e. The summed E-state index contributed by atoms with van der Waals surface area (Å²) in [6, 6.07) is 10.2. The number of nitrogens with one attached hydrogen (secondary N) is 3. The molecule has 1 unspecified atom stereocenters. The molecule has 0 saturated heterocycles. The van der Waals surface area contributed by atoms with Crippen molar-refractivity contribution in [2.45, 2.75) is 9.96 Å². The molecule has 28 heavy (non-hydrogen) atoms. The number of non-ortho nitro benzene ring substituents is 1. The number of anilines is 1. The molecule has 0 aromatic heterocycles. The van der Waals surface area contributed by atoms with E-state index in [-0.39, 0.29) is 16.4 Å². The third-order valence-corrected chi connectivity index (χ3v) is 4.20. The van der Waals surface area contributed by atoms with Crippen LogP contribution in [0.1, 0.15) is 10.4 Å². The average Bonchev–Trinajstić information content (AvgIpc) is 2.61. The second kappa shape index (κ2) is 9.33. The van der Waals surface area contributed by atoms with E-state index in [2.05, 4.69) is 16.0 Å². The molecule has 7 nitrogen and oxygen atoms in total. The minimum absolute atomic E-state index is 0.00964. The zero-order chi connectivity index (χ0) is 20.9. The van der Waals surface area contributed by atoms with E-state index in [1.54, 1.807) is 0 Å². The fourth-order valence-corrected chi connectivity index (χ4v) is 2.54. The molecule has 0 aliphatic carbocycles. The Morgan fingerprint density at radius 3 is 2.14 bits per heavy atom. The third-order valence-electron chi connectivity index (χ3n) is 3.32. The molecule has 1 amide bonds. The summed E-state index contributed by atoms with van der Waals surface area (Å²) < 4.78 is 11.0. The lowest BCUT2D eigenvalue weighted by molar-refractivity contribution is -0.384. The number of thiocarbonyl (C=S) groups is 1. The lowest BCUT2D eigenvalue weighted by atomic mass is 10.2. The lowest BCUT2D eigenvalue weighted by Gasteiger charge is -2.27. The molecule has 2 rings (SSSR count). The van der Waals surface area contributed by atoms with Crippen LogP contribution in [0.2, 0.25) is 0 Å². The van der Waals surface area contributed by atoms with Crippen molar-refractivity contribution in [1.29, 1.82) is 0 Å². The van der Waals surface area contributed by atoms with E-state index < -0.39 is 26.6 Å². The molecule has 0 spiro atoms. The fourth-order valence-electron chi connectivity index (χ4n) is 1.98. The van der Waals surface area contributed by atoms with Gasteiger partial charge in [0.25, 0.3) is 11.6 Å². The van der Waals surface area contributed by atoms with E-state index in [1.807, 2.05) is 0 Å². The number of alkyl halides is 3. The first-order valence-corrected chi connectivity index (χ1v) is 9.05. The van der Waals surface area contributed by atoms with Gasteiger partial charge in [0.1, 0.15) is 12.0 Å². The maximum Gasteiger partial charge on any atom is 0.269 e. The number of hydrogen-bond donors (Lipinski definition) is 3. The van der Waals surface area contributed by atoms with Crippen molar-refractivity contribution in [2.75, 3.05) is 5.32 Å². The normalized spacial score (nSPS) is 12.0. The van der Waals surface area contributed by atoms with Gasteiger partial charge in [0, 0.05) is 23.4 Å². The van der Waals surface area contributed by atoms with E-state index in [9.17, 15) is 19.3 Å². The van der Waals surface area contributed by atoms with Crippen LogP contribution in [-0.2, 0) is 0 Å². The number of rotatable bonds is 5. The number of benzene rings is 2. The maximum absolute atomic E-state index is 13.0. The molecule has 12 heteroatoms. The van der Waals surface area contributed by atoms with Crippen LogP contribution in [0.5, 0.6) is 0 Å². The third kappa shape index (κ3) is 6.45. The molecular weight excluding hydrogens is 454 g/mol. The van der Waals surface area contributed by atoms with Crippen molar-refractivity contribution < 1.29 is 14.1 Å². The Morgan fingerprint density at radius 1 is 1.07 bits per heavy atom. The molecule has 148 valence electrons. The van der Waals surface area contributed by atoms with Crippen LogP contribution in [0.25, 0.3) is 0 Å². The Bertz CT molecular complexity index is 876. The molecule has 3 N–H and O–H groups in total.